The average molecular weight is 2140 g/mol. The molecule has 0 aromatic heterocycles. The number of allylic oxidation sites excluding steroid dienone is 1. The number of quaternary nitrogens is 2. The number of carboxylic acids is 2. The summed E-state index contributed by atoms with van der Waals surface area (Å²) in [5.41, 5.74) is 15.3. The minimum absolute atomic E-state index is 0. The van der Waals surface area contributed by atoms with Crippen molar-refractivity contribution in [1.82, 2.24) is 30.8 Å². The molecule has 24 rings (SSSR count). The number of carbonyl (C=O) groups excluding carboxylic acids is 1. The molecule has 144 heavy (non-hydrogen) atoms. The smallest absolute Gasteiger partial charge is 0.336 e. The standard InChI is InChI=1S/C21H35N.C19H30Cl2.2C19H31ClO.C19H31Cl.C19H33N.C7H10O6.ClH.5H3N/c1-4-14-6-8-18-17-7-5-15-13-16(22)9-11-21(15,3)19(17)10-12-20(14,18)2;1-18-8-3-4-14(18)13-6-5-12-10-16(20)17(21)11-19(12,2)15(13)7-9-18;2*1-18-8-3-4-14(18)13-6-5-12-10-17(21)16(20)11-19(12,2)15(13)7-9-18;2*1-18-9-3-4-16(18)15-6-5-13-12-14(20)7-11-19(13,2)17(15)8-10-18;1-4(8)2-7(13,6(11)12)3-5(9)10;;;;;;/h5,14,16-19H,4,6-13,22H2,1-3H3;12-17H,3-11H2,1-2H3;2*12-17,21H,3-11H2,1-2H3;13-17H,3-12H2,1-2H3;13-17H,3-12,20H2,1-2H3;13H,2-3H2,1H3,(H,9,10)(H,11,12);1H;5*1H3/p+1/t14-,16+,17-,18-,19-,20+,21-;12-,13+,14-,15-,16+,17+,18-,19-;12-,13-,14-,15-,16+,17+,18-,19-;12-,13-,14-,15-,16+,17-,18-,19-;2*13-,14-,15-,16-,17-,18-,19-;;;;;;;/m000000......./s1. The summed E-state index contributed by atoms with van der Waals surface area (Å²) >= 11 is 32.6. The van der Waals surface area contributed by atoms with Crippen molar-refractivity contribution in [2.24, 2.45) is 207 Å². The van der Waals surface area contributed by atoms with Gasteiger partial charge in [0, 0.05) is 31.1 Å². The van der Waals surface area contributed by atoms with Gasteiger partial charge in [0.15, 0.2) is 5.60 Å². The minimum atomic E-state index is -2.49. The van der Waals surface area contributed by atoms with E-state index >= 15 is 0 Å². The molecule has 0 aliphatic heterocycles. The van der Waals surface area contributed by atoms with Crippen molar-refractivity contribution in [1.29, 1.82) is 0 Å². The zero-order valence-electron chi connectivity index (χ0n) is 93.8. The van der Waals surface area contributed by atoms with E-state index in [2.05, 4.69) is 108 Å². The van der Waals surface area contributed by atoms with Crippen molar-refractivity contribution >= 4 is 75.7 Å². The van der Waals surface area contributed by atoms with Gasteiger partial charge in [0.1, 0.15) is 5.78 Å². The number of ketones is 1. The molecule has 1 unspecified atom stereocenters. The normalized spacial score (nSPS) is 52.1. The number of rotatable bonds is 6. The highest BCUT2D eigenvalue weighted by atomic mass is 35.5. The van der Waals surface area contributed by atoms with Gasteiger partial charge in [-0.15, -0.1) is 58.0 Å². The van der Waals surface area contributed by atoms with Gasteiger partial charge in [-0.3, -0.25) is 9.59 Å². The number of carboxylic acid groups (broad SMARTS) is 2. The molecule has 24 aliphatic rings. The Morgan fingerprint density at radius 3 is 1.06 bits per heavy atom. The van der Waals surface area contributed by atoms with Crippen molar-refractivity contribution in [2.75, 3.05) is 0 Å². The second-order valence-electron chi connectivity index (χ2n) is 58.6. The van der Waals surface area contributed by atoms with Crippen molar-refractivity contribution in [3.05, 3.63) is 11.6 Å². The van der Waals surface area contributed by atoms with Crippen LogP contribution in [0.4, 0.5) is 0 Å². The van der Waals surface area contributed by atoms with Crippen LogP contribution >= 0.6 is 58.0 Å². The number of hydrogen-bond donors (Lipinski definition) is 12. The lowest BCUT2D eigenvalue weighted by Gasteiger charge is -2.61. The average Bonchev–Trinajstić information content (AvgIpc) is 1.43. The van der Waals surface area contributed by atoms with Crippen molar-refractivity contribution in [2.45, 2.75) is 526 Å². The molecule has 0 radical (unpaired) electrons. The maximum atomic E-state index is 10.5. The van der Waals surface area contributed by atoms with Crippen LogP contribution in [0.5, 0.6) is 0 Å². The summed E-state index contributed by atoms with van der Waals surface area (Å²) in [5, 5.41) is 47.2. The van der Waals surface area contributed by atoms with E-state index in [1.807, 2.05) is 0 Å². The largest absolute Gasteiger partial charge is 1.00 e. The van der Waals surface area contributed by atoms with Crippen LogP contribution in [0.2, 0.25) is 0 Å². The lowest BCUT2D eigenvalue weighted by Crippen LogP contribution is -3.00. The summed E-state index contributed by atoms with van der Waals surface area (Å²) < 4.78 is 0. The Morgan fingerprint density at radius 1 is 0.347 bits per heavy atom. The van der Waals surface area contributed by atoms with E-state index in [0.717, 1.165) is 199 Å². The van der Waals surface area contributed by atoms with Crippen LogP contribution in [-0.2, 0) is 14.4 Å². The Hall–Kier alpha value is -0.310. The molecule has 0 heterocycles. The predicted molar refractivity (Wildman–Crippen MR) is 592 cm³/mol. The highest BCUT2D eigenvalue weighted by Crippen LogP contribution is 2.75. The van der Waals surface area contributed by atoms with Crippen molar-refractivity contribution in [3.63, 3.8) is 0 Å². The quantitative estimate of drug-likeness (QED) is 0.0870. The molecular formula is C123H218Cl6N7O8+. The highest BCUT2D eigenvalue weighted by Gasteiger charge is 2.67. The number of halogens is 6. The van der Waals surface area contributed by atoms with Crippen molar-refractivity contribution < 1.29 is 63.8 Å². The number of aliphatic carboxylic acids is 2. The molecular weight excluding hydrogens is 1920 g/mol. The number of hydrogen-bond acceptors (Lipinski definition) is 11. The summed E-state index contributed by atoms with van der Waals surface area (Å²) in [6.07, 6.45) is 79.7. The van der Waals surface area contributed by atoms with Crippen LogP contribution in [0.3, 0.4) is 0 Å². The van der Waals surface area contributed by atoms with Crippen LogP contribution in [0.1, 0.15) is 469 Å². The van der Waals surface area contributed by atoms with Crippen LogP contribution in [0.25, 0.3) is 0 Å². The van der Waals surface area contributed by atoms with Crippen LogP contribution < -0.4 is 54.6 Å². The molecule has 21 heteroatoms. The third-order valence-electron chi connectivity index (χ3n) is 52.4. The van der Waals surface area contributed by atoms with Gasteiger partial charge in [-0.05, 0) is 516 Å². The molecule has 23 saturated carbocycles. The summed E-state index contributed by atoms with van der Waals surface area (Å²) in [6, 6.07) is 1.44. The van der Waals surface area contributed by atoms with E-state index in [4.69, 9.17) is 68.2 Å². The first-order valence-electron chi connectivity index (χ1n) is 59.7. The van der Waals surface area contributed by atoms with E-state index in [1.165, 1.54) is 302 Å². The van der Waals surface area contributed by atoms with Crippen LogP contribution in [-0.4, -0.2) is 100 Å². The Labute approximate surface area is 908 Å². The number of carbonyl (C=O) groups is 3. The lowest BCUT2D eigenvalue weighted by molar-refractivity contribution is -0.433. The summed E-state index contributed by atoms with van der Waals surface area (Å²) in [5.74, 6) is 19.4. The molecule has 0 aromatic rings. The van der Waals surface area contributed by atoms with Crippen LogP contribution in [0.15, 0.2) is 11.6 Å². The van der Waals surface area contributed by atoms with Crippen LogP contribution in [0, 0.1) is 207 Å². The molecule has 0 aromatic carbocycles. The van der Waals surface area contributed by atoms with Gasteiger partial charge in [-0.25, -0.2) is 4.79 Å². The van der Waals surface area contributed by atoms with Gasteiger partial charge in [0.25, 0.3) is 0 Å². The fourth-order valence-electron chi connectivity index (χ4n) is 44.6. The molecule has 834 valence electrons. The SMILES string of the molecule is CC(=O)CC(O)(CC(=O)O)C(=O)O.CC[C@H]1CC[C@H]2[C@@H]3CC=C4C[C@H]([NH3+])CC[C@]4(C)[C@H]3CC[C@]12C.C[C@@]12CCC[C@H]1[C@@H]1CC[C@H]3C[C@@H](Cl)CC[C@]3(C)[C@H]1CC2.C[C@@]12CCC[C@H]1[C@@H]1CC[C@H]3C[C@@H](O)[C@H](Cl)C[C@]3(C)[C@H]1CC2.C[C@@]12CCC[C@H]1[C@@H]1CC[C@H]3C[C@@H]([NH3+])CC[C@]3(C)[C@H]1CC2.C[C@@]12CCC[C@H]1[C@@H]1CC[C@H]3C[C@H](O)[C@H](Cl)C[C@]3(C)[C@H]1CC2.C[C@@]12CCC[C@H]1[C@H]1CC[C@H]3C[C@@H](Cl)[C@H](Cl)C[C@]3(C)[C@H]1CC2.N.N.N.N.N.[Cl-]. The molecule has 15 nitrogen and oxygen atoms in total. The molecule has 23 fully saturated rings. The summed E-state index contributed by atoms with van der Waals surface area (Å²) in [6.45, 7) is 34.7. The third-order valence-corrected chi connectivity index (χ3v) is 54.8. The first kappa shape index (κ1) is 122. The molecule has 26 N–H and O–H groups in total. The van der Waals surface area contributed by atoms with Gasteiger partial charge < -0.3 is 80.2 Å². The molecule has 0 spiro atoms. The second-order valence-corrected chi connectivity index (χ2v) is 61.5. The van der Waals surface area contributed by atoms with E-state index in [0.29, 0.717) is 71.0 Å². The highest BCUT2D eigenvalue weighted by molar-refractivity contribution is 6.30. The maximum Gasteiger partial charge on any atom is 0.336 e. The second kappa shape index (κ2) is 46.7. The fourth-order valence-corrected chi connectivity index (χ4v) is 46.5. The van der Waals surface area contributed by atoms with E-state index in [1.54, 1.807) is 24.8 Å². The number of Topliss-reactive ketones (excluding diaryl/α,β-unsaturated/α-hetero) is 1. The van der Waals surface area contributed by atoms with Crippen molar-refractivity contribution in [3.8, 4) is 0 Å². The number of aliphatic hydroxyl groups is 3. The van der Waals surface area contributed by atoms with Gasteiger partial charge >= 0.3 is 11.9 Å². The summed E-state index contributed by atoms with van der Waals surface area (Å²) in [4.78, 5) is 31.1. The zero-order valence-corrected chi connectivity index (χ0v) is 98.4. The zero-order chi connectivity index (χ0) is 98.6. The molecule has 46 atom stereocenters. The molecule has 0 amide bonds. The first-order valence-corrected chi connectivity index (χ1v) is 61.9. The Kier molecular flexibility index (Phi) is 39.6. The number of aliphatic hydroxyl groups excluding tert-OH is 2. The number of alkyl halides is 5. The fraction of sp³-hybridized carbons (Fsp3) is 0.959. The Morgan fingerprint density at radius 2 is 0.681 bits per heavy atom. The van der Waals surface area contributed by atoms with Gasteiger partial charge in [0.2, 0.25) is 0 Å². The monoisotopic (exact) mass is 2130 g/mol. The van der Waals surface area contributed by atoms with E-state index in [9.17, 15) is 29.7 Å². The predicted octanol–water partition coefficient (Wildman–Crippen LogP) is 28.0. The number of fused-ring (bicyclic) bond motifs is 30. The Bertz CT molecular complexity index is 4010. The molecule has 0 saturated heterocycles. The Balaban J connectivity index is 0.000000149. The molecule has 0 bridgehead atoms. The maximum absolute atomic E-state index is 10.5. The van der Waals surface area contributed by atoms with Gasteiger partial charge in [0.05, 0.1) is 52.2 Å². The van der Waals surface area contributed by atoms with Gasteiger partial charge in [-0.2, -0.15) is 0 Å². The minimum Gasteiger partial charge on any atom is -1.00 e. The third kappa shape index (κ3) is 22.3. The molecule has 24 aliphatic carbocycles. The van der Waals surface area contributed by atoms with E-state index in [-0.39, 0.29) is 76.9 Å². The lowest BCUT2D eigenvalue weighted by atomic mass is 9.45. The first-order chi connectivity index (χ1) is 65.1. The topological polar surface area (TPSA) is 383 Å². The van der Waals surface area contributed by atoms with E-state index < -0.39 is 36.2 Å². The summed E-state index contributed by atoms with van der Waals surface area (Å²) in [7, 11) is 0. The van der Waals surface area contributed by atoms with Gasteiger partial charge in [-0.1, -0.05) is 140 Å².